The normalized spacial score (nSPS) is 15.7. The quantitative estimate of drug-likeness (QED) is 0.0587. The van der Waals surface area contributed by atoms with Crippen molar-refractivity contribution in [3.05, 3.63) is 59.2 Å². The maximum absolute atomic E-state index is 13.0. The number of ether oxygens (including phenoxy) is 1. The van der Waals surface area contributed by atoms with Gasteiger partial charge in [-0.15, -0.1) is 0 Å². The van der Waals surface area contributed by atoms with E-state index in [-0.39, 0.29) is 54.1 Å². The zero-order valence-electron chi connectivity index (χ0n) is 28.4. The van der Waals surface area contributed by atoms with E-state index in [1.54, 1.807) is 23.1 Å². The molecule has 0 aliphatic carbocycles. The Labute approximate surface area is 302 Å². The highest BCUT2D eigenvalue weighted by molar-refractivity contribution is 6.04. The zero-order chi connectivity index (χ0) is 38.9. The minimum Gasteiger partial charge on any atom is -0.481 e. The maximum Gasteiger partial charge on any atom is 0.343 e. The lowest BCUT2D eigenvalue weighted by molar-refractivity contribution is -0.151. The van der Waals surface area contributed by atoms with E-state index in [1.165, 1.54) is 24.3 Å². The summed E-state index contributed by atoms with van der Waals surface area (Å²) in [6.07, 6.45) is -2.13. The van der Waals surface area contributed by atoms with Gasteiger partial charge in [-0.2, -0.15) is 0 Å². The highest BCUT2D eigenvalue weighted by Crippen LogP contribution is 2.39. The van der Waals surface area contributed by atoms with Gasteiger partial charge in [0.25, 0.3) is 0 Å². The van der Waals surface area contributed by atoms with Crippen LogP contribution >= 0.6 is 0 Å². The Morgan fingerprint density at radius 1 is 0.887 bits per heavy atom. The molecule has 8 N–H and O–H groups in total. The summed E-state index contributed by atoms with van der Waals surface area (Å²) in [5.74, 6) is -8.47. The molecular weight excluding hydrogens is 698 g/mol. The third-order valence-corrected chi connectivity index (χ3v) is 8.84. The van der Waals surface area contributed by atoms with E-state index in [0.29, 0.717) is 37.2 Å². The second-order valence-electron chi connectivity index (χ2n) is 12.9. The minimum atomic E-state index is -1.65. The van der Waals surface area contributed by atoms with E-state index in [4.69, 9.17) is 26.1 Å². The smallest absolute Gasteiger partial charge is 0.343 e. The number of hydrogen-bond donors (Lipinski definition) is 6. The number of esters is 1. The van der Waals surface area contributed by atoms with Gasteiger partial charge in [0, 0.05) is 44.3 Å². The van der Waals surface area contributed by atoms with Crippen LogP contribution in [0.3, 0.4) is 0 Å². The molecule has 0 saturated carbocycles. The van der Waals surface area contributed by atoms with Gasteiger partial charge in [-0.05, 0) is 60.7 Å². The number of benzene rings is 2. The van der Waals surface area contributed by atoms with Gasteiger partial charge in [0.15, 0.2) is 11.6 Å². The number of aliphatic carboxylic acids is 4. The van der Waals surface area contributed by atoms with Gasteiger partial charge in [-0.3, -0.25) is 28.8 Å². The number of oxime groups is 1. The number of guanidine groups is 1. The number of rotatable bonds is 17. The van der Waals surface area contributed by atoms with Crippen LogP contribution in [0.25, 0.3) is 0 Å². The lowest BCUT2D eigenvalue weighted by Crippen LogP contribution is -2.38. The van der Waals surface area contributed by atoms with Crippen molar-refractivity contribution in [1.29, 1.82) is 0 Å². The predicted molar refractivity (Wildman–Crippen MR) is 184 cm³/mol. The van der Waals surface area contributed by atoms with Gasteiger partial charge in [0.1, 0.15) is 11.5 Å². The molecule has 1 atom stereocenters. The Morgan fingerprint density at radius 3 is 2.09 bits per heavy atom. The monoisotopic (exact) mass is 737 g/mol. The summed E-state index contributed by atoms with van der Waals surface area (Å²) in [4.78, 5) is 94.9. The molecule has 0 aromatic heterocycles. The summed E-state index contributed by atoms with van der Waals surface area (Å²) < 4.78 is 5.65. The van der Waals surface area contributed by atoms with Crippen molar-refractivity contribution in [3.8, 4) is 5.75 Å². The molecule has 1 amide bonds. The van der Waals surface area contributed by atoms with E-state index < -0.39 is 72.8 Å². The highest BCUT2D eigenvalue weighted by atomic mass is 16.7. The number of nitrogens with two attached hydrogens (primary N) is 2. The summed E-state index contributed by atoms with van der Waals surface area (Å²) in [6.45, 7) is 0.594. The number of carboxylic acid groups (broad SMARTS) is 4. The topological polar surface area (TPSA) is 299 Å². The van der Waals surface area contributed by atoms with Crippen molar-refractivity contribution >= 4 is 58.9 Å². The third kappa shape index (κ3) is 11.1. The Balaban J connectivity index is 1.50. The molecule has 282 valence electrons. The first-order chi connectivity index (χ1) is 25.0. The first-order valence-electron chi connectivity index (χ1n) is 16.5. The van der Waals surface area contributed by atoms with Gasteiger partial charge >= 0.3 is 29.8 Å². The van der Waals surface area contributed by atoms with Gasteiger partial charge in [-0.25, -0.2) is 9.79 Å². The van der Waals surface area contributed by atoms with Crippen LogP contribution in [0.4, 0.5) is 5.69 Å². The molecule has 53 heavy (non-hydrogen) atoms. The first kappa shape index (κ1) is 39.5. The number of likely N-dealkylation sites (tertiary alicyclic amines) is 1. The van der Waals surface area contributed by atoms with Crippen LogP contribution < -0.4 is 16.2 Å². The number of hydrogen-bond acceptors (Lipinski definition) is 11. The van der Waals surface area contributed by atoms with Crippen LogP contribution in [0, 0.1) is 5.92 Å². The van der Waals surface area contributed by atoms with E-state index in [1.807, 2.05) is 0 Å². The number of ketones is 1. The van der Waals surface area contributed by atoms with E-state index in [0.717, 1.165) is 5.56 Å². The van der Waals surface area contributed by atoms with Crippen molar-refractivity contribution < 1.29 is 63.6 Å². The van der Waals surface area contributed by atoms with Crippen molar-refractivity contribution in [2.24, 2.45) is 27.5 Å². The van der Waals surface area contributed by atoms with Crippen molar-refractivity contribution in [1.82, 2.24) is 4.90 Å². The fraction of sp³-hybridized carbons (Fsp3) is 0.400. The molecule has 1 saturated heterocycles. The van der Waals surface area contributed by atoms with Crippen LogP contribution in [0.2, 0.25) is 0 Å². The zero-order valence-corrected chi connectivity index (χ0v) is 28.4. The largest absolute Gasteiger partial charge is 0.481 e. The Hall–Kier alpha value is -6.33. The summed E-state index contributed by atoms with van der Waals surface area (Å²) in [5, 5.41) is 41.2. The summed E-state index contributed by atoms with van der Waals surface area (Å²) in [7, 11) is 0. The molecule has 18 heteroatoms. The second kappa shape index (κ2) is 17.3. The van der Waals surface area contributed by atoms with E-state index >= 15 is 0 Å². The Morgan fingerprint density at radius 2 is 1.53 bits per heavy atom. The molecule has 2 aliphatic rings. The molecule has 2 aromatic carbocycles. The molecule has 0 unspecified atom stereocenters. The predicted octanol–water partition coefficient (Wildman–Crippen LogP) is 2.24. The van der Waals surface area contributed by atoms with Crippen LogP contribution in [-0.4, -0.2) is 97.2 Å². The average Bonchev–Trinajstić information content (AvgIpc) is 3.48. The fourth-order valence-corrected chi connectivity index (χ4v) is 6.34. The van der Waals surface area contributed by atoms with Gasteiger partial charge in [0.05, 0.1) is 42.1 Å². The average molecular weight is 738 g/mol. The molecule has 2 aromatic rings. The molecule has 2 aliphatic heterocycles. The number of piperidine rings is 1. The number of carbonyl (C=O) groups excluding carboxylic acids is 3. The minimum absolute atomic E-state index is 0.115. The number of aliphatic imine (C=N–C) groups is 1. The third-order valence-electron chi connectivity index (χ3n) is 8.84. The lowest BCUT2D eigenvalue weighted by Gasteiger charge is -2.33. The number of nitrogens with zero attached hydrogens (tertiary/aromatic N) is 3. The maximum atomic E-state index is 13.0. The van der Waals surface area contributed by atoms with Gasteiger partial charge in [-0.1, -0.05) is 11.2 Å². The number of Topliss-reactive ketones (excluding diaryl/α,β-unsaturated/α-hetero) is 1. The lowest BCUT2D eigenvalue weighted by atomic mass is 9.82. The Bertz CT molecular complexity index is 1810. The van der Waals surface area contributed by atoms with Crippen molar-refractivity contribution in [2.75, 3.05) is 13.1 Å². The van der Waals surface area contributed by atoms with Gasteiger partial charge in [0.2, 0.25) is 5.91 Å². The summed E-state index contributed by atoms with van der Waals surface area (Å²) >= 11 is 0. The highest BCUT2D eigenvalue weighted by Gasteiger charge is 2.44. The van der Waals surface area contributed by atoms with Crippen molar-refractivity contribution in [2.45, 2.75) is 69.3 Å². The van der Waals surface area contributed by atoms with Crippen LogP contribution in [0.15, 0.2) is 52.6 Å². The molecule has 0 radical (unpaired) electrons. The number of amides is 1. The summed E-state index contributed by atoms with van der Waals surface area (Å²) in [6, 6.07) is 10.8. The second-order valence-corrected chi connectivity index (χ2v) is 12.9. The van der Waals surface area contributed by atoms with Crippen LogP contribution in [0.1, 0.15) is 85.2 Å². The van der Waals surface area contributed by atoms with Crippen molar-refractivity contribution in [3.63, 3.8) is 0 Å². The summed E-state index contributed by atoms with van der Waals surface area (Å²) in [5.41, 5.74) is 11.2. The number of carboxylic acids is 4. The first-order valence-corrected chi connectivity index (χ1v) is 16.5. The SMILES string of the molecule is NC(N)=Nc1ccc(C(=O)Oc2ccc(C3CCN(C(=O)CCC(=O)C[C@@H](CC(=O)O)C(=O)O)CC3)c(C3=NOC(CC(=O)O)(CC(=O)O)C3)c2)cc1. The van der Waals surface area contributed by atoms with E-state index in [9.17, 15) is 48.9 Å². The Kier molecular flexibility index (Phi) is 12.8. The standard InChI is InChI=1S/C35H39N5O13/c36-34(37)38-22-3-1-20(2-4-22)33(51)52-24-6-7-25(26(15-24)27-16-35(53-39-27,17-30(45)46)18-31(47)48)19-9-11-40(12-10-19)28(42)8-5-23(41)13-21(32(49)50)14-29(43)44/h1-4,6-7,15,19,21H,5,8-14,16-18H2,(H,43,44)(H,45,46)(H,47,48)(H,49,50)(H4,36,37,38)/t21-/m0/s1. The van der Waals surface area contributed by atoms with Crippen LogP contribution in [0.5, 0.6) is 5.75 Å². The molecule has 0 spiro atoms. The molecule has 0 bridgehead atoms. The molecule has 2 heterocycles. The van der Waals surface area contributed by atoms with E-state index in [2.05, 4.69) is 10.1 Å². The molecule has 18 nitrogen and oxygen atoms in total. The number of carbonyl (C=O) groups is 7. The van der Waals surface area contributed by atoms with Gasteiger partial charge < -0.3 is 46.4 Å². The van der Waals surface area contributed by atoms with Crippen LogP contribution in [-0.2, 0) is 33.6 Å². The fourth-order valence-electron chi connectivity index (χ4n) is 6.34. The molecular formula is C35H39N5O13. The molecule has 1 fully saturated rings. The molecule has 4 rings (SSSR count).